The van der Waals surface area contributed by atoms with E-state index >= 15 is 0 Å². The number of aliphatic imine (C=N–C) groups is 1. The SMILES string of the molecule is COc1ccccc1CN=C(N)N[C@@H]1C[C@H]1c1cccc(F)c1.I. The van der Waals surface area contributed by atoms with Gasteiger partial charge in [0.25, 0.3) is 0 Å². The molecule has 0 spiro atoms. The van der Waals surface area contributed by atoms with Gasteiger partial charge >= 0.3 is 0 Å². The first-order chi connectivity index (χ1) is 11.2. The molecule has 24 heavy (non-hydrogen) atoms. The fourth-order valence-electron chi connectivity index (χ4n) is 2.70. The second kappa shape index (κ2) is 8.32. The van der Waals surface area contributed by atoms with Crippen LogP contribution in [0.4, 0.5) is 4.39 Å². The van der Waals surface area contributed by atoms with E-state index in [-0.39, 0.29) is 35.8 Å². The molecule has 1 aliphatic carbocycles. The predicted octanol–water partition coefficient (Wildman–Crippen LogP) is 3.41. The molecule has 0 aliphatic heterocycles. The second-order valence-electron chi connectivity index (χ2n) is 5.66. The molecule has 0 radical (unpaired) electrons. The third-order valence-corrected chi connectivity index (χ3v) is 4.01. The van der Waals surface area contributed by atoms with Crippen molar-refractivity contribution in [2.24, 2.45) is 10.7 Å². The molecule has 4 nitrogen and oxygen atoms in total. The normalized spacial score (nSPS) is 19.3. The zero-order chi connectivity index (χ0) is 16.2. The van der Waals surface area contributed by atoms with E-state index in [4.69, 9.17) is 10.5 Å². The van der Waals surface area contributed by atoms with Crippen molar-refractivity contribution in [1.29, 1.82) is 0 Å². The zero-order valence-corrected chi connectivity index (χ0v) is 15.7. The minimum absolute atomic E-state index is 0. The van der Waals surface area contributed by atoms with E-state index in [2.05, 4.69) is 10.3 Å². The average molecular weight is 441 g/mol. The second-order valence-corrected chi connectivity index (χ2v) is 5.66. The number of guanidine groups is 1. The van der Waals surface area contributed by atoms with Crippen molar-refractivity contribution in [3.8, 4) is 5.75 Å². The van der Waals surface area contributed by atoms with Gasteiger partial charge in [0.05, 0.1) is 13.7 Å². The molecule has 6 heteroatoms. The Kier molecular flexibility index (Phi) is 6.42. The number of benzene rings is 2. The van der Waals surface area contributed by atoms with Gasteiger partial charge in [-0.3, -0.25) is 0 Å². The van der Waals surface area contributed by atoms with Crippen molar-refractivity contribution in [2.75, 3.05) is 7.11 Å². The Morgan fingerprint density at radius 3 is 2.83 bits per heavy atom. The molecule has 1 aliphatic rings. The van der Waals surface area contributed by atoms with Crippen molar-refractivity contribution in [1.82, 2.24) is 5.32 Å². The highest BCUT2D eigenvalue weighted by Crippen LogP contribution is 2.40. The molecular formula is C18H21FIN3O. The van der Waals surface area contributed by atoms with Gasteiger partial charge in [-0.1, -0.05) is 30.3 Å². The first-order valence-corrected chi connectivity index (χ1v) is 7.61. The van der Waals surface area contributed by atoms with Crippen molar-refractivity contribution in [3.05, 3.63) is 65.5 Å². The van der Waals surface area contributed by atoms with E-state index in [0.29, 0.717) is 18.4 Å². The van der Waals surface area contributed by atoms with Crippen molar-refractivity contribution < 1.29 is 9.13 Å². The van der Waals surface area contributed by atoms with Crippen molar-refractivity contribution in [3.63, 3.8) is 0 Å². The topological polar surface area (TPSA) is 59.6 Å². The molecule has 2 atom stereocenters. The maximum atomic E-state index is 13.2. The third-order valence-electron chi connectivity index (χ3n) is 4.01. The molecule has 0 aromatic heterocycles. The average Bonchev–Trinajstić information content (AvgIpc) is 3.32. The van der Waals surface area contributed by atoms with Crippen LogP contribution in [0.25, 0.3) is 0 Å². The molecule has 0 heterocycles. The minimum atomic E-state index is -0.203. The monoisotopic (exact) mass is 441 g/mol. The Labute approximate surface area is 158 Å². The van der Waals surface area contributed by atoms with Crippen LogP contribution >= 0.6 is 24.0 Å². The number of hydrogen-bond donors (Lipinski definition) is 2. The van der Waals surface area contributed by atoms with Gasteiger partial charge in [-0.25, -0.2) is 9.38 Å². The summed E-state index contributed by atoms with van der Waals surface area (Å²) in [7, 11) is 1.64. The number of para-hydroxylation sites is 1. The van der Waals surface area contributed by atoms with Crippen LogP contribution in [-0.4, -0.2) is 19.1 Å². The number of methoxy groups -OCH3 is 1. The number of nitrogens with two attached hydrogens (primary N) is 1. The van der Waals surface area contributed by atoms with Crippen LogP contribution in [0.5, 0.6) is 5.75 Å². The van der Waals surface area contributed by atoms with Gasteiger partial charge in [-0.15, -0.1) is 24.0 Å². The molecular weight excluding hydrogens is 420 g/mol. The molecule has 128 valence electrons. The summed E-state index contributed by atoms with van der Waals surface area (Å²) in [6, 6.07) is 14.7. The molecule has 2 aromatic rings. The van der Waals surface area contributed by atoms with Crippen LogP contribution < -0.4 is 15.8 Å². The van der Waals surface area contributed by atoms with Gasteiger partial charge in [-0.05, 0) is 30.2 Å². The number of nitrogens with one attached hydrogen (secondary N) is 1. The fraction of sp³-hybridized carbons (Fsp3) is 0.278. The Balaban J connectivity index is 0.00000208. The van der Waals surface area contributed by atoms with Crippen LogP contribution in [0, 0.1) is 5.82 Å². The maximum Gasteiger partial charge on any atom is 0.189 e. The summed E-state index contributed by atoms with van der Waals surface area (Å²) >= 11 is 0. The van der Waals surface area contributed by atoms with Gasteiger partial charge in [0.15, 0.2) is 5.96 Å². The number of nitrogens with zero attached hydrogens (tertiary/aromatic N) is 1. The van der Waals surface area contributed by atoms with E-state index in [0.717, 1.165) is 23.3 Å². The van der Waals surface area contributed by atoms with E-state index in [1.54, 1.807) is 19.2 Å². The highest BCUT2D eigenvalue weighted by molar-refractivity contribution is 14.0. The summed E-state index contributed by atoms with van der Waals surface area (Å²) in [5.74, 6) is 1.30. The summed E-state index contributed by atoms with van der Waals surface area (Å²) in [5.41, 5.74) is 7.93. The molecule has 1 saturated carbocycles. The molecule has 0 saturated heterocycles. The summed E-state index contributed by atoms with van der Waals surface area (Å²) in [6.07, 6.45) is 0.939. The number of rotatable bonds is 5. The number of ether oxygens (including phenoxy) is 1. The van der Waals surface area contributed by atoms with Gasteiger partial charge in [0, 0.05) is 17.5 Å². The summed E-state index contributed by atoms with van der Waals surface area (Å²) in [5, 5.41) is 3.19. The summed E-state index contributed by atoms with van der Waals surface area (Å²) in [4.78, 5) is 4.36. The van der Waals surface area contributed by atoms with E-state index in [1.165, 1.54) is 6.07 Å². The molecule has 2 aromatic carbocycles. The fourth-order valence-corrected chi connectivity index (χ4v) is 2.70. The van der Waals surface area contributed by atoms with Crippen LogP contribution in [0.3, 0.4) is 0 Å². The Morgan fingerprint density at radius 2 is 2.08 bits per heavy atom. The van der Waals surface area contributed by atoms with Crippen molar-refractivity contribution >= 4 is 29.9 Å². The smallest absolute Gasteiger partial charge is 0.189 e. The van der Waals surface area contributed by atoms with Crippen molar-refractivity contribution in [2.45, 2.75) is 24.9 Å². The number of halogens is 2. The van der Waals surface area contributed by atoms with E-state index in [1.807, 2.05) is 30.3 Å². The Morgan fingerprint density at radius 1 is 1.29 bits per heavy atom. The number of hydrogen-bond acceptors (Lipinski definition) is 2. The highest BCUT2D eigenvalue weighted by atomic mass is 127. The van der Waals surface area contributed by atoms with Crippen LogP contribution in [0.15, 0.2) is 53.5 Å². The lowest BCUT2D eigenvalue weighted by Crippen LogP contribution is -2.34. The molecule has 3 N–H and O–H groups in total. The Hall–Kier alpha value is -1.83. The van der Waals surface area contributed by atoms with Gasteiger partial charge in [0.2, 0.25) is 0 Å². The standard InChI is InChI=1S/C18H20FN3O.HI/c1-23-17-8-3-2-5-13(17)11-21-18(20)22-16-10-15(16)12-6-4-7-14(19)9-12;/h2-9,15-16H,10-11H2,1H3,(H3,20,21,22);1H/t15-,16+;/m0./s1. The summed E-state index contributed by atoms with van der Waals surface area (Å²) < 4.78 is 18.5. The first kappa shape index (κ1) is 18.5. The van der Waals surface area contributed by atoms with Gasteiger partial charge in [-0.2, -0.15) is 0 Å². The highest BCUT2D eigenvalue weighted by Gasteiger charge is 2.38. The lowest BCUT2D eigenvalue weighted by molar-refractivity contribution is 0.410. The van der Waals surface area contributed by atoms with Crippen LogP contribution in [-0.2, 0) is 6.54 Å². The lowest BCUT2D eigenvalue weighted by Gasteiger charge is -2.08. The quantitative estimate of drug-likeness (QED) is 0.425. The van der Waals surface area contributed by atoms with E-state index in [9.17, 15) is 4.39 Å². The minimum Gasteiger partial charge on any atom is -0.496 e. The molecule has 0 bridgehead atoms. The largest absolute Gasteiger partial charge is 0.496 e. The van der Waals surface area contributed by atoms with Crippen LogP contribution in [0.2, 0.25) is 0 Å². The zero-order valence-electron chi connectivity index (χ0n) is 13.4. The molecule has 3 rings (SSSR count). The summed E-state index contributed by atoms with van der Waals surface area (Å²) in [6.45, 7) is 0.459. The molecule has 1 fully saturated rings. The van der Waals surface area contributed by atoms with Gasteiger partial charge < -0.3 is 15.8 Å². The predicted molar refractivity (Wildman–Crippen MR) is 104 cm³/mol. The Bertz CT molecular complexity index is 723. The maximum absolute atomic E-state index is 13.2. The third kappa shape index (κ3) is 4.59. The first-order valence-electron chi connectivity index (χ1n) is 7.61. The molecule has 0 unspecified atom stereocenters. The van der Waals surface area contributed by atoms with E-state index < -0.39 is 0 Å². The lowest BCUT2D eigenvalue weighted by atomic mass is 10.1. The van der Waals surface area contributed by atoms with Crippen LogP contribution in [0.1, 0.15) is 23.5 Å². The molecule has 0 amide bonds. The van der Waals surface area contributed by atoms with Gasteiger partial charge in [0.1, 0.15) is 11.6 Å².